The van der Waals surface area contributed by atoms with Gasteiger partial charge in [-0.15, -0.1) is 0 Å². The van der Waals surface area contributed by atoms with Gasteiger partial charge in [0, 0.05) is 0 Å². The number of ether oxygens (including phenoxy) is 1. The molecule has 0 heterocycles. The van der Waals surface area contributed by atoms with E-state index in [0.717, 1.165) is 0 Å². The van der Waals surface area contributed by atoms with Crippen molar-refractivity contribution >= 4 is 24.2 Å². The number of aromatic hydroxyl groups is 2. The van der Waals surface area contributed by atoms with Gasteiger partial charge in [-0.25, -0.2) is 10.9 Å². The first-order valence-corrected chi connectivity index (χ1v) is 7.82. The van der Waals surface area contributed by atoms with Crippen molar-refractivity contribution in [1.82, 2.24) is 10.9 Å². The summed E-state index contributed by atoms with van der Waals surface area (Å²) in [6, 6.07) is 12.5. The van der Waals surface area contributed by atoms with Crippen LogP contribution in [0.25, 0.3) is 0 Å². The Morgan fingerprint density at radius 3 is 1.52 bits per heavy atom. The molecule has 0 bridgehead atoms. The fraction of sp³-hybridized carbons (Fsp3) is 0.111. The van der Waals surface area contributed by atoms with E-state index in [1.807, 2.05) is 0 Å². The molecule has 9 heteroatoms. The summed E-state index contributed by atoms with van der Waals surface area (Å²) in [6.07, 6.45) is 2.81. The van der Waals surface area contributed by atoms with Gasteiger partial charge in [-0.1, -0.05) is 0 Å². The quantitative estimate of drug-likeness (QED) is 0.401. The highest BCUT2D eigenvalue weighted by Gasteiger charge is 2.03. The monoisotopic (exact) mass is 370 g/mol. The Labute approximate surface area is 155 Å². The zero-order valence-electron chi connectivity index (χ0n) is 14.2. The van der Waals surface area contributed by atoms with Gasteiger partial charge in [0.2, 0.25) is 0 Å². The normalized spacial score (nSPS) is 11.0. The minimum absolute atomic E-state index is 0.135. The lowest BCUT2D eigenvalue weighted by molar-refractivity contribution is -0.130. The zero-order chi connectivity index (χ0) is 19.5. The number of nitrogens with one attached hydrogen (secondary N) is 2. The predicted octanol–water partition coefficient (Wildman–Crippen LogP) is 0.715. The Morgan fingerprint density at radius 1 is 0.778 bits per heavy atom. The van der Waals surface area contributed by atoms with Crippen molar-refractivity contribution in [3.8, 4) is 11.5 Å². The van der Waals surface area contributed by atoms with Crippen molar-refractivity contribution in [2.75, 3.05) is 13.2 Å². The van der Waals surface area contributed by atoms with Gasteiger partial charge in [0.25, 0.3) is 11.8 Å². The third-order valence-electron chi connectivity index (χ3n) is 3.06. The Hall–Kier alpha value is -3.72. The third kappa shape index (κ3) is 7.80. The molecule has 0 spiro atoms. The number of hydrogen-bond donors (Lipinski definition) is 4. The van der Waals surface area contributed by atoms with Gasteiger partial charge >= 0.3 is 0 Å². The second-order valence-electron chi connectivity index (χ2n) is 5.26. The van der Waals surface area contributed by atoms with Crippen LogP contribution in [0.2, 0.25) is 0 Å². The molecule has 0 saturated carbocycles. The molecule has 0 unspecified atom stereocenters. The number of phenols is 2. The number of amides is 2. The van der Waals surface area contributed by atoms with Crippen LogP contribution in [0.1, 0.15) is 11.1 Å². The van der Waals surface area contributed by atoms with Gasteiger partial charge in [0.05, 0.1) is 12.4 Å². The second kappa shape index (κ2) is 10.3. The van der Waals surface area contributed by atoms with Crippen molar-refractivity contribution in [3.63, 3.8) is 0 Å². The summed E-state index contributed by atoms with van der Waals surface area (Å²) >= 11 is 0. The maximum absolute atomic E-state index is 11.5. The number of phenolic OH excluding ortho intramolecular Hbond substituents is 2. The number of hydrazone groups is 2. The highest BCUT2D eigenvalue weighted by atomic mass is 16.5. The van der Waals surface area contributed by atoms with E-state index >= 15 is 0 Å². The van der Waals surface area contributed by atoms with Crippen LogP contribution < -0.4 is 10.9 Å². The van der Waals surface area contributed by atoms with Crippen molar-refractivity contribution < 1.29 is 24.5 Å². The molecule has 0 atom stereocenters. The molecular weight excluding hydrogens is 352 g/mol. The third-order valence-corrected chi connectivity index (χ3v) is 3.06. The molecule has 0 aliphatic heterocycles. The van der Waals surface area contributed by atoms with E-state index in [1.165, 1.54) is 36.7 Å². The summed E-state index contributed by atoms with van der Waals surface area (Å²) in [5.74, 6) is -0.777. The van der Waals surface area contributed by atoms with E-state index in [9.17, 15) is 9.59 Å². The molecule has 2 aromatic rings. The number of hydrogen-bond acceptors (Lipinski definition) is 7. The second-order valence-corrected chi connectivity index (χ2v) is 5.26. The molecule has 0 aromatic heterocycles. The first kappa shape index (κ1) is 19.6. The summed E-state index contributed by atoms with van der Waals surface area (Å²) in [6.45, 7) is -0.690. The summed E-state index contributed by atoms with van der Waals surface area (Å²) in [4.78, 5) is 23.0. The molecule has 2 rings (SSSR count). The molecule has 0 fully saturated rings. The molecule has 27 heavy (non-hydrogen) atoms. The lowest BCUT2D eigenvalue weighted by Crippen LogP contribution is -2.28. The number of rotatable bonds is 8. The van der Waals surface area contributed by atoms with Crippen LogP contribution in [0.15, 0.2) is 58.7 Å². The summed E-state index contributed by atoms with van der Waals surface area (Å²) in [5, 5.41) is 25.8. The lowest BCUT2D eigenvalue weighted by Gasteiger charge is -2.02. The highest BCUT2D eigenvalue weighted by molar-refractivity contribution is 5.84. The van der Waals surface area contributed by atoms with E-state index < -0.39 is 11.8 Å². The highest BCUT2D eigenvalue weighted by Crippen LogP contribution is 2.08. The van der Waals surface area contributed by atoms with Crippen molar-refractivity contribution in [2.45, 2.75) is 0 Å². The molecule has 4 N–H and O–H groups in total. The number of nitrogens with zero attached hydrogens (tertiary/aromatic N) is 2. The minimum atomic E-state index is -0.523. The maximum Gasteiger partial charge on any atom is 0.266 e. The zero-order valence-corrected chi connectivity index (χ0v) is 14.2. The van der Waals surface area contributed by atoms with Crippen LogP contribution >= 0.6 is 0 Å². The molecule has 2 aromatic carbocycles. The molecule has 2 amide bonds. The van der Waals surface area contributed by atoms with Gasteiger partial charge in [0.15, 0.2) is 0 Å². The molecule has 0 aliphatic rings. The first-order chi connectivity index (χ1) is 13.0. The average Bonchev–Trinajstić information content (AvgIpc) is 2.65. The van der Waals surface area contributed by atoms with Crippen LogP contribution in [0, 0.1) is 0 Å². The molecular formula is C18H18N4O5. The van der Waals surface area contributed by atoms with Crippen molar-refractivity contribution in [2.24, 2.45) is 10.2 Å². The number of carbonyl (C=O) groups is 2. The van der Waals surface area contributed by atoms with E-state index in [2.05, 4.69) is 21.1 Å². The van der Waals surface area contributed by atoms with Crippen molar-refractivity contribution in [1.29, 1.82) is 0 Å². The van der Waals surface area contributed by atoms with Crippen molar-refractivity contribution in [3.05, 3.63) is 59.7 Å². The van der Waals surface area contributed by atoms with E-state index in [-0.39, 0.29) is 24.7 Å². The van der Waals surface area contributed by atoms with Gasteiger partial charge in [-0.05, 0) is 59.7 Å². The summed E-state index contributed by atoms with van der Waals surface area (Å²) < 4.78 is 4.96. The smallest absolute Gasteiger partial charge is 0.266 e. The fourth-order valence-electron chi connectivity index (χ4n) is 1.78. The summed E-state index contributed by atoms with van der Waals surface area (Å²) in [7, 11) is 0. The fourth-order valence-corrected chi connectivity index (χ4v) is 1.78. The molecule has 0 aliphatic carbocycles. The van der Waals surface area contributed by atoms with Crippen LogP contribution in [-0.4, -0.2) is 47.7 Å². The van der Waals surface area contributed by atoms with Crippen LogP contribution in [0.4, 0.5) is 0 Å². The Morgan fingerprint density at radius 2 is 1.15 bits per heavy atom. The van der Waals surface area contributed by atoms with Crippen LogP contribution in [0.3, 0.4) is 0 Å². The first-order valence-electron chi connectivity index (χ1n) is 7.82. The Kier molecular flexibility index (Phi) is 7.49. The van der Waals surface area contributed by atoms with Gasteiger partial charge in [-0.2, -0.15) is 10.2 Å². The molecule has 0 saturated heterocycles. The summed E-state index contributed by atoms with van der Waals surface area (Å²) in [5.41, 5.74) is 5.89. The van der Waals surface area contributed by atoms with Gasteiger partial charge in [-0.3, -0.25) is 9.59 Å². The number of benzene rings is 2. The molecule has 9 nitrogen and oxygen atoms in total. The maximum atomic E-state index is 11.5. The molecule has 140 valence electrons. The topological polar surface area (TPSA) is 133 Å². The average molecular weight is 370 g/mol. The van der Waals surface area contributed by atoms with Crippen LogP contribution in [0.5, 0.6) is 11.5 Å². The minimum Gasteiger partial charge on any atom is -0.508 e. The SMILES string of the molecule is O=C(COCC(=O)N/N=C/c1ccc(O)cc1)N/N=C\c1ccc(O)cc1. The standard InChI is InChI=1S/C18H18N4O5/c23-15-5-1-13(2-6-15)9-19-21-17(25)11-27-12-18(26)22-20-10-14-3-7-16(24)8-4-14/h1-10,23-24H,11-12H2,(H,21,25)(H,22,26)/b19-9-,20-10+. The number of carbonyl (C=O) groups excluding carboxylic acids is 2. The lowest BCUT2D eigenvalue weighted by atomic mass is 10.2. The van der Waals surface area contributed by atoms with Crippen LogP contribution in [-0.2, 0) is 14.3 Å². The largest absolute Gasteiger partial charge is 0.508 e. The van der Waals surface area contributed by atoms with E-state index in [1.54, 1.807) is 24.3 Å². The van der Waals surface area contributed by atoms with Gasteiger partial charge in [0.1, 0.15) is 24.7 Å². The van der Waals surface area contributed by atoms with E-state index in [0.29, 0.717) is 11.1 Å². The van der Waals surface area contributed by atoms with E-state index in [4.69, 9.17) is 14.9 Å². The van der Waals surface area contributed by atoms with Gasteiger partial charge < -0.3 is 14.9 Å². The Balaban J connectivity index is 1.61. The molecule has 0 radical (unpaired) electrons. The predicted molar refractivity (Wildman–Crippen MR) is 98.5 cm³/mol. The Bertz CT molecular complexity index is 747.